The first kappa shape index (κ1) is 13.7. The third-order valence-electron chi connectivity index (χ3n) is 2.57. The monoisotopic (exact) mass is 279 g/mol. The Hall–Kier alpha value is -1.69. The minimum atomic E-state index is -0.434. The van der Waals surface area contributed by atoms with Crippen molar-refractivity contribution >= 4 is 24.1 Å². The summed E-state index contributed by atoms with van der Waals surface area (Å²) in [4.78, 5) is 16.1. The second kappa shape index (κ2) is 5.13. The molecule has 19 heavy (non-hydrogen) atoms. The van der Waals surface area contributed by atoms with E-state index in [4.69, 9.17) is 10.2 Å². The number of primary amides is 1. The summed E-state index contributed by atoms with van der Waals surface area (Å²) in [6.45, 7) is 6.74. The molecule has 0 bridgehead atoms. The van der Waals surface area contributed by atoms with Gasteiger partial charge < -0.3 is 10.2 Å². The number of carbonyl (C=O) groups excluding carboxylic acids is 1. The van der Waals surface area contributed by atoms with Crippen LogP contribution in [-0.2, 0) is 5.41 Å². The maximum atomic E-state index is 11.0. The van der Waals surface area contributed by atoms with Crippen molar-refractivity contribution in [1.29, 1.82) is 0 Å². The van der Waals surface area contributed by atoms with Crippen molar-refractivity contribution in [2.75, 3.05) is 6.54 Å². The minimum absolute atomic E-state index is 0.0523. The van der Waals surface area contributed by atoms with E-state index in [2.05, 4.69) is 25.8 Å². The summed E-state index contributed by atoms with van der Waals surface area (Å²) in [6.07, 6.45) is 7.33. The summed E-state index contributed by atoms with van der Waals surface area (Å²) in [7, 11) is 0. The fourth-order valence-corrected chi connectivity index (χ4v) is 2.24. The molecule has 2 amide bonds. The summed E-state index contributed by atoms with van der Waals surface area (Å²) in [5, 5.41) is 0. The van der Waals surface area contributed by atoms with Gasteiger partial charge in [0.2, 0.25) is 5.89 Å². The molecule has 0 atom stereocenters. The average Bonchev–Trinajstić information content (AvgIpc) is 2.95. The first-order chi connectivity index (χ1) is 8.86. The molecular formula is C13H17N3O2S. The summed E-state index contributed by atoms with van der Waals surface area (Å²) < 4.78 is 7.12. The van der Waals surface area contributed by atoms with E-state index in [0.29, 0.717) is 12.4 Å². The van der Waals surface area contributed by atoms with Crippen LogP contribution in [0.15, 0.2) is 27.7 Å². The van der Waals surface area contributed by atoms with Gasteiger partial charge in [0.25, 0.3) is 0 Å². The maximum Gasteiger partial charge on any atom is 0.325 e. The van der Waals surface area contributed by atoms with E-state index in [9.17, 15) is 4.79 Å². The van der Waals surface area contributed by atoms with E-state index in [0.717, 1.165) is 10.7 Å². The van der Waals surface area contributed by atoms with E-state index in [1.165, 1.54) is 16.3 Å². The van der Waals surface area contributed by atoms with Crippen LogP contribution >= 0.6 is 11.9 Å². The molecule has 0 unspecified atom stereocenters. The highest BCUT2D eigenvalue weighted by Gasteiger charge is 2.19. The quantitative estimate of drug-likeness (QED) is 0.845. The van der Waals surface area contributed by atoms with Crippen LogP contribution in [0.4, 0.5) is 4.79 Å². The first-order valence-electron chi connectivity index (χ1n) is 5.96. The molecule has 1 aliphatic rings. The summed E-state index contributed by atoms with van der Waals surface area (Å²) in [6, 6.07) is -0.434. The van der Waals surface area contributed by atoms with Gasteiger partial charge in [-0.15, -0.1) is 0 Å². The number of aromatic nitrogens is 1. The highest BCUT2D eigenvalue weighted by atomic mass is 32.2. The third kappa shape index (κ3) is 3.41. The van der Waals surface area contributed by atoms with E-state index >= 15 is 0 Å². The topological polar surface area (TPSA) is 72.4 Å². The SMILES string of the molecule is CC(C)(C)c1cnc(/C=C/C2=CCN(C(N)=O)S2)o1. The first-order valence-corrected chi connectivity index (χ1v) is 6.73. The second-order valence-corrected chi connectivity index (χ2v) is 6.34. The number of urea groups is 1. The van der Waals surface area contributed by atoms with E-state index in [1.807, 2.05) is 12.2 Å². The minimum Gasteiger partial charge on any atom is -0.441 e. The lowest BCUT2D eigenvalue weighted by molar-refractivity contribution is 0.237. The normalized spacial score (nSPS) is 16.2. The fraction of sp³-hybridized carbons (Fsp3) is 0.385. The predicted molar refractivity (Wildman–Crippen MR) is 76.2 cm³/mol. The van der Waals surface area contributed by atoms with Gasteiger partial charge in [0, 0.05) is 16.4 Å². The van der Waals surface area contributed by atoms with Crippen molar-refractivity contribution in [1.82, 2.24) is 9.29 Å². The van der Waals surface area contributed by atoms with Gasteiger partial charge >= 0.3 is 6.03 Å². The highest BCUT2D eigenvalue weighted by Crippen LogP contribution is 2.29. The highest BCUT2D eigenvalue weighted by molar-refractivity contribution is 8.01. The third-order valence-corrected chi connectivity index (χ3v) is 3.64. The molecule has 0 fully saturated rings. The molecule has 5 nitrogen and oxygen atoms in total. The molecule has 0 spiro atoms. The lowest BCUT2D eigenvalue weighted by Crippen LogP contribution is -2.27. The summed E-state index contributed by atoms with van der Waals surface area (Å²) >= 11 is 1.31. The van der Waals surface area contributed by atoms with Crippen molar-refractivity contribution in [3.63, 3.8) is 0 Å². The van der Waals surface area contributed by atoms with Crippen LogP contribution in [0.3, 0.4) is 0 Å². The largest absolute Gasteiger partial charge is 0.441 e. The molecule has 2 N–H and O–H groups in total. The molecule has 0 saturated heterocycles. The van der Waals surface area contributed by atoms with Crippen LogP contribution < -0.4 is 5.73 Å². The molecule has 0 aliphatic carbocycles. The number of hydrogen-bond donors (Lipinski definition) is 1. The van der Waals surface area contributed by atoms with E-state index < -0.39 is 6.03 Å². The number of hydrogen-bond acceptors (Lipinski definition) is 4. The lowest BCUT2D eigenvalue weighted by atomic mass is 9.94. The Bertz CT molecular complexity index is 540. The van der Waals surface area contributed by atoms with Gasteiger partial charge in [-0.1, -0.05) is 20.8 Å². The number of amides is 2. The summed E-state index contributed by atoms with van der Waals surface area (Å²) in [5.41, 5.74) is 5.14. The molecular weight excluding hydrogens is 262 g/mol. The number of nitrogens with zero attached hydrogens (tertiary/aromatic N) is 2. The van der Waals surface area contributed by atoms with Gasteiger partial charge in [0.05, 0.1) is 12.7 Å². The molecule has 1 aliphatic heterocycles. The molecule has 1 aromatic rings. The Morgan fingerprint density at radius 2 is 2.26 bits per heavy atom. The van der Waals surface area contributed by atoms with Crippen molar-refractivity contribution in [3.8, 4) is 0 Å². The molecule has 0 aromatic carbocycles. The molecule has 0 saturated carbocycles. The van der Waals surface area contributed by atoms with Gasteiger partial charge in [-0.25, -0.2) is 9.78 Å². The molecule has 0 radical (unpaired) electrons. The maximum absolute atomic E-state index is 11.0. The van der Waals surface area contributed by atoms with Crippen molar-refractivity contribution in [2.45, 2.75) is 26.2 Å². The van der Waals surface area contributed by atoms with Crippen LogP contribution in [0.1, 0.15) is 32.4 Å². The van der Waals surface area contributed by atoms with Gasteiger partial charge in [0.15, 0.2) is 0 Å². The van der Waals surface area contributed by atoms with Crippen molar-refractivity contribution < 1.29 is 9.21 Å². The summed E-state index contributed by atoms with van der Waals surface area (Å²) in [5.74, 6) is 1.41. The Morgan fingerprint density at radius 3 is 2.79 bits per heavy atom. The zero-order chi connectivity index (χ0) is 14.0. The Morgan fingerprint density at radius 1 is 1.53 bits per heavy atom. The number of rotatable bonds is 2. The fourth-order valence-electron chi connectivity index (χ4n) is 1.47. The number of oxazole rings is 1. The number of allylic oxidation sites excluding steroid dienone is 1. The lowest BCUT2D eigenvalue weighted by Gasteiger charge is -2.12. The Labute approximate surface area is 116 Å². The second-order valence-electron chi connectivity index (χ2n) is 5.24. The van der Waals surface area contributed by atoms with Gasteiger partial charge in [-0.05, 0) is 24.1 Å². The molecule has 2 heterocycles. The standard InChI is InChI=1S/C13H17N3O2S/c1-13(2,3)10-8-15-11(18-10)5-4-9-6-7-16(19-9)12(14)17/h4-6,8H,7H2,1-3H3,(H2,14,17)/b5-4+. The van der Waals surface area contributed by atoms with Crippen LogP contribution in [0.25, 0.3) is 6.08 Å². The van der Waals surface area contributed by atoms with E-state index in [1.54, 1.807) is 12.3 Å². The smallest absolute Gasteiger partial charge is 0.325 e. The zero-order valence-electron chi connectivity index (χ0n) is 11.2. The van der Waals surface area contributed by atoms with Gasteiger partial charge in [0.1, 0.15) is 5.76 Å². The molecule has 6 heteroatoms. The Kier molecular flexibility index (Phi) is 3.71. The van der Waals surface area contributed by atoms with Crippen LogP contribution in [0.2, 0.25) is 0 Å². The van der Waals surface area contributed by atoms with Gasteiger partial charge in [-0.2, -0.15) is 0 Å². The molecule has 2 rings (SSSR count). The van der Waals surface area contributed by atoms with Crippen LogP contribution in [0, 0.1) is 0 Å². The average molecular weight is 279 g/mol. The number of nitrogens with two attached hydrogens (primary N) is 1. The van der Waals surface area contributed by atoms with E-state index in [-0.39, 0.29) is 5.41 Å². The van der Waals surface area contributed by atoms with Crippen molar-refractivity contribution in [3.05, 3.63) is 34.9 Å². The number of carbonyl (C=O) groups is 1. The molecule has 1 aromatic heterocycles. The van der Waals surface area contributed by atoms with Crippen molar-refractivity contribution in [2.24, 2.45) is 5.73 Å². The van der Waals surface area contributed by atoms with Crippen LogP contribution in [-0.4, -0.2) is 21.9 Å². The predicted octanol–water partition coefficient (Wildman–Crippen LogP) is 2.91. The van der Waals surface area contributed by atoms with Gasteiger partial charge in [-0.3, -0.25) is 4.31 Å². The zero-order valence-corrected chi connectivity index (χ0v) is 12.0. The molecule has 102 valence electrons. The Balaban J connectivity index is 2.01. The van der Waals surface area contributed by atoms with Crippen LogP contribution in [0.5, 0.6) is 0 Å².